The Balaban J connectivity index is 1.92. The van der Waals surface area contributed by atoms with Crippen molar-refractivity contribution < 1.29 is 35.2 Å². The Morgan fingerprint density at radius 2 is 0.972 bits per heavy atom. The second-order valence-electron chi connectivity index (χ2n) is 8.21. The highest BCUT2D eigenvalue weighted by Gasteiger charge is 2.34. The lowest BCUT2D eigenvalue weighted by Gasteiger charge is -2.14. The van der Waals surface area contributed by atoms with Gasteiger partial charge in [0.1, 0.15) is 11.0 Å². The molecule has 0 spiro atoms. The van der Waals surface area contributed by atoms with Crippen molar-refractivity contribution in [2.75, 3.05) is 0 Å². The number of hydrogen-bond acceptors (Lipinski definition) is 4. The topological polar surface area (TPSA) is 52.1 Å². The lowest BCUT2D eigenvalue weighted by Crippen LogP contribution is -2.06. The summed E-state index contributed by atoms with van der Waals surface area (Å²) in [5, 5.41) is 0. The van der Waals surface area contributed by atoms with Gasteiger partial charge in [-0.1, -0.05) is 12.1 Å². The summed E-state index contributed by atoms with van der Waals surface area (Å²) < 4.78 is 93.5. The Hall–Kier alpha value is -2.36. The fourth-order valence-electron chi connectivity index (χ4n) is 4.20. The van der Waals surface area contributed by atoms with Crippen molar-refractivity contribution in [3.05, 3.63) is 66.4 Å². The third-order valence-electron chi connectivity index (χ3n) is 5.52. The lowest BCUT2D eigenvalue weighted by atomic mass is 9.93. The van der Waals surface area contributed by atoms with Crippen molar-refractivity contribution in [3.63, 3.8) is 0 Å². The molecule has 2 aromatic heterocycles. The summed E-state index contributed by atoms with van der Waals surface area (Å²) in [5.41, 5.74) is 0.257. The molecule has 36 heavy (non-hydrogen) atoms. The van der Waals surface area contributed by atoms with Gasteiger partial charge in [-0.15, -0.1) is 0 Å². The first kappa shape index (κ1) is 25.3. The number of nitrogens with zero attached hydrogens (tertiary/aromatic N) is 2. The molecule has 2 heterocycles. The maximum absolute atomic E-state index is 13.6. The first-order chi connectivity index (χ1) is 16.7. The standard InChI is InChI=1S/C24H12F6I2N2O2/c1-9-3-11(7-13(5-9)23(25,26)27)15-17-20(36-21(31)33-17)16(18-19(15)35-22(32)34-18)12-4-10(2)6-14(8-12)24(28,29)30/h3-8H,1-2H3. The van der Waals surface area contributed by atoms with Crippen LogP contribution in [-0.4, -0.2) is 9.97 Å². The highest BCUT2D eigenvalue weighted by atomic mass is 127. The van der Waals surface area contributed by atoms with Crippen molar-refractivity contribution in [1.29, 1.82) is 0 Å². The second kappa shape index (κ2) is 8.60. The zero-order chi connectivity index (χ0) is 26.2. The minimum absolute atomic E-state index is 0.0976. The third-order valence-corrected chi connectivity index (χ3v) is 6.44. The van der Waals surface area contributed by atoms with E-state index in [4.69, 9.17) is 8.83 Å². The Kier molecular flexibility index (Phi) is 6.04. The molecule has 0 aliphatic carbocycles. The van der Waals surface area contributed by atoms with Crippen LogP contribution in [0.25, 0.3) is 44.5 Å². The molecule has 4 nitrogen and oxygen atoms in total. The van der Waals surface area contributed by atoms with E-state index in [1.165, 1.54) is 13.8 Å². The minimum atomic E-state index is -4.59. The van der Waals surface area contributed by atoms with Gasteiger partial charge in [-0.2, -0.15) is 26.3 Å². The fraction of sp³-hybridized carbons (Fsp3) is 0.167. The predicted molar refractivity (Wildman–Crippen MR) is 137 cm³/mol. The van der Waals surface area contributed by atoms with Crippen LogP contribution in [0.2, 0.25) is 0 Å². The molecule has 0 atom stereocenters. The number of alkyl halides is 6. The van der Waals surface area contributed by atoms with Crippen LogP contribution >= 0.6 is 45.2 Å². The zero-order valence-corrected chi connectivity index (χ0v) is 22.5. The summed E-state index contributed by atoms with van der Waals surface area (Å²) in [5.74, 6) is 0. The van der Waals surface area contributed by atoms with Crippen LogP contribution in [0.3, 0.4) is 0 Å². The van der Waals surface area contributed by atoms with Crippen LogP contribution in [0, 0.1) is 21.6 Å². The van der Waals surface area contributed by atoms with E-state index in [0.717, 1.165) is 24.3 Å². The molecule has 0 saturated carbocycles. The molecule has 0 radical (unpaired) electrons. The minimum Gasteiger partial charge on any atom is -0.431 e. The summed E-state index contributed by atoms with van der Waals surface area (Å²) in [4.78, 5) is 8.75. The molecule has 12 heteroatoms. The second-order valence-corrected chi connectivity index (χ2v) is 10.1. The molecule has 0 unspecified atom stereocenters. The normalized spacial score (nSPS) is 12.7. The van der Waals surface area contributed by atoms with Crippen molar-refractivity contribution in [2.24, 2.45) is 0 Å². The van der Waals surface area contributed by atoms with Gasteiger partial charge in [-0.05, 0) is 60.4 Å². The number of benzene rings is 3. The number of aryl methyl sites for hydroxylation is 2. The quantitative estimate of drug-likeness (QED) is 0.135. The number of fused-ring (bicyclic) bond motifs is 2. The Morgan fingerprint density at radius 1 is 0.611 bits per heavy atom. The van der Waals surface area contributed by atoms with Gasteiger partial charge in [0.25, 0.3) is 7.79 Å². The zero-order valence-electron chi connectivity index (χ0n) is 18.2. The van der Waals surface area contributed by atoms with E-state index in [2.05, 4.69) is 9.97 Å². The van der Waals surface area contributed by atoms with E-state index in [-0.39, 0.29) is 52.2 Å². The van der Waals surface area contributed by atoms with E-state index in [0.29, 0.717) is 11.1 Å². The fourth-order valence-corrected chi connectivity index (χ4v) is 5.12. The van der Waals surface area contributed by atoms with Crippen molar-refractivity contribution in [3.8, 4) is 22.3 Å². The van der Waals surface area contributed by atoms with Gasteiger partial charge < -0.3 is 8.83 Å². The molecular formula is C24H12F6I2N2O2. The van der Waals surface area contributed by atoms with E-state index in [9.17, 15) is 26.3 Å². The van der Waals surface area contributed by atoms with E-state index in [1.54, 1.807) is 57.3 Å². The molecule has 5 aromatic rings. The summed E-state index contributed by atoms with van der Waals surface area (Å²) >= 11 is 3.60. The van der Waals surface area contributed by atoms with Gasteiger partial charge in [0.05, 0.1) is 22.3 Å². The highest BCUT2D eigenvalue weighted by molar-refractivity contribution is 14.1. The highest BCUT2D eigenvalue weighted by Crippen LogP contribution is 2.46. The van der Waals surface area contributed by atoms with Gasteiger partial charge >= 0.3 is 12.4 Å². The molecule has 0 N–H and O–H groups in total. The van der Waals surface area contributed by atoms with Gasteiger partial charge in [-0.3, -0.25) is 0 Å². The first-order valence-corrected chi connectivity index (χ1v) is 12.3. The van der Waals surface area contributed by atoms with Crippen molar-refractivity contribution in [1.82, 2.24) is 9.97 Å². The number of aromatic nitrogens is 2. The maximum Gasteiger partial charge on any atom is 0.416 e. The van der Waals surface area contributed by atoms with Crippen LogP contribution < -0.4 is 0 Å². The predicted octanol–water partition coefficient (Wildman–Crippen LogP) is 9.17. The smallest absolute Gasteiger partial charge is 0.416 e. The maximum atomic E-state index is 13.6. The largest absolute Gasteiger partial charge is 0.431 e. The van der Waals surface area contributed by atoms with Crippen molar-refractivity contribution >= 4 is 67.4 Å². The Labute approximate surface area is 226 Å². The van der Waals surface area contributed by atoms with E-state index >= 15 is 0 Å². The van der Waals surface area contributed by atoms with E-state index < -0.39 is 23.5 Å². The molecule has 0 fully saturated rings. The monoisotopic (exact) mass is 728 g/mol. The summed E-state index contributed by atoms with van der Waals surface area (Å²) in [6, 6.07) is 7.10. The van der Waals surface area contributed by atoms with Gasteiger partial charge in [0.15, 0.2) is 11.2 Å². The third kappa shape index (κ3) is 4.46. The van der Waals surface area contributed by atoms with E-state index in [1.807, 2.05) is 0 Å². The molecular weight excluding hydrogens is 716 g/mol. The average molecular weight is 728 g/mol. The molecule has 0 aliphatic rings. The van der Waals surface area contributed by atoms with Gasteiger partial charge in [0, 0.05) is 45.2 Å². The summed E-state index contributed by atoms with van der Waals surface area (Å²) in [6.07, 6.45) is -9.19. The molecule has 5 rings (SSSR count). The Bertz CT molecular complexity index is 1490. The summed E-state index contributed by atoms with van der Waals surface area (Å²) in [7, 11) is 0. The molecule has 3 aromatic carbocycles. The lowest BCUT2D eigenvalue weighted by molar-refractivity contribution is -0.138. The van der Waals surface area contributed by atoms with Crippen LogP contribution in [0.4, 0.5) is 26.3 Å². The molecule has 0 saturated heterocycles. The molecule has 186 valence electrons. The molecule has 0 amide bonds. The average Bonchev–Trinajstić information content (AvgIpc) is 3.30. The van der Waals surface area contributed by atoms with Crippen LogP contribution in [0.5, 0.6) is 0 Å². The van der Waals surface area contributed by atoms with Crippen molar-refractivity contribution in [2.45, 2.75) is 26.2 Å². The van der Waals surface area contributed by atoms with Crippen LogP contribution in [0.15, 0.2) is 45.2 Å². The Morgan fingerprint density at radius 3 is 1.31 bits per heavy atom. The summed E-state index contributed by atoms with van der Waals surface area (Å²) in [6.45, 7) is 3.06. The number of oxazole rings is 2. The number of halogens is 8. The van der Waals surface area contributed by atoms with Gasteiger partial charge in [0.2, 0.25) is 0 Å². The SMILES string of the molecule is Cc1cc(-c2c3nc(I)oc3c(-c3cc(C)cc(C(F)(F)F)c3)c3nc(I)oc23)cc(C(F)(F)F)c1. The van der Waals surface area contributed by atoms with Crippen LogP contribution in [-0.2, 0) is 12.4 Å². The molecule has 0 bridgehead atoms. The van der Waals surface area contributed by atoms with Crippen LogP contribution in [0.1, 0.15) is 22.3 Å². The number of hydrogen-bond donors (Lipinski definition) is 0. The molecule has 0 aliphatic heterocycles. The first-order valence-electron chi connectivity index (χ1n) is 10.2. The number of rotatable bonds is 2. The van der Waals surface area contributed by atoms with Gasteiger partial charge in [-0.25, -0.2) is 9.97 Å².